The molecule has 2 N–H and O–H groups in total. The fourth-order valence-corrected chi connectivity index (χ4v) is 7.80. The molecule has 4 aliphatic rings. The largest absolute Gasteiger partial charge is 0.871 e. The predicted molar refractivity (Wildman–Crippen MR) is 212 cm³/mol. The zero-order valence-corrected chi connectivity index (χ0v) is 32.2. The maximum atomic E-state index is 14.6. The van der Waals surface area contributed by atoms with E-state index < -0.39 is 64.4 Å². The molecule has 0 radical (unpaired) electrons. The van der Waals surface area contributed by atoms with Crippen molar-refractivity contribution in [3.63, 3.8) is 0 Å². The summed E-state index contributed by atoms with van der Waals surface area (Å²) >= 11 is 0. The van der Waals surface area contributed by atoms with Crippen molar-refractivity contribution in [1.82, 2.24) is 10.2 Å². The van der Waals surface area contributed by atoms with Gasteiger partial charge in [-0.15, -0.1) is 0 Å². The lowest BCUT2D eigenvalue weighted by atomic mass is 9.94. The molecule has 3 atom stereocenters. The molecule has 3 aromatic carbocycles. The average molecular weight is 784 g/mol. The molecule has 298 valence electrons. The number of ketones is 2. The molecule has 2 aliphatic heterocycles. The SMILES string of the molecule is CC(=O)OC(C(=O)NC1=CC(N2CCCC2)C=C/C1=C1\C(=O)C(=O)C(c2ccc(N3CCCC3)cc2NC(=O)C(OC(C)=O)c2ccccc2)=C1[O-])c1ccccc1. The van der Waals surface area contributed by atoms with Crippen LogP contribution in [0.4, 0.5) is 11.4 Å². The Morgan fingerprint density at radius 3 is 1.81 bits per heavy atom. The number of rotatable bonds is 11. The lowest BCUT2D eigenvalue weighted by Crippen LogP contribution is -2.36. The van der Waals surface area contributed by atoms with Crippen molar-refractivity contribution >= 4 is 52.3 Å². The van der Waals surface area contributed by atoms with Crippen molar-refractivity contribution in [3.8, 4) is 0 Å². The Hall–Kier alpha value is -6.60. The van der Waals surface area contributed by atoms with Crippen LogP contribution in [0.15, 0.2) is 120 Å². The molecule has 7 rings (SSSR count). The van der Waals surface area contributed by atoms with Gasteiger partial charge >= 0.3 is 11.9 Å². The highest BCUT2D eigenvalue weighted by Gasteiger charge is 2.38. The van der Waals surface area contributed by atoms with Crippen LogP contribution in [0.2, 0.25) is 0 Å². The third-order valence-corrected chi connectivity index (χ3v) is 10.5. The third kappa shape index (κ3) is 8.40. The average Bonchev–Trinajstić information content (AvgIpc) is 4.00. The zero-order valence-electron chi connectivity index (χ0n) is 32.2. The van der Waals surface area contributed by atoms with E-state index >= 15 is 0 Å². The summed E-state index contributed by atoms with van der Waals surface area (Å²) in [7, 11) is 0. The van der Waals surface area contributed by atoms with Crippen LogP contribution in [-0.2, 0) is 38.2 Å². The number of Topliss-reactive ketones (excluding diaryl/α,β-unsaturated/α-hetero) is 2. The Labute approximate surface area is 335 Å². The summed E-state index contributed by atoms with van der Waals surface area (Å²) < 4.78 is 10.9. The molecule has 2 saturated heterocycles. The van der Waals surface area contributed by atoms with E-state index in [0.29, 0.717) is 11.1 Å². The zero-order chi connectivity index (χ0) is 40.9. The molecule has 0 spiro atoms. The normalized spacial score (nSPS) is 20.5. The highest BCUT2D eigenvalue weighted by Crippen LogP contribution is 2.40. The lowest BCUT2D eigenvalue weighted by molar-refractivity contribution is -0.294. The number of amides is 2. The Bertz CT molecular complexity index is 2270. The molecule has 2 heterocycles. The van der Waals surface area contributed by atoms with Gasteiger partial charge in [-0.3, -0.25) is 33.7 Å². The van der Waals surface area contributed by atoms with Crippen LogP contribution in [0.3, 0.4) is 0 Å². The molecule has 13 nitrogen and oxygen atoms in total. The van der Waals surface area contributed by atoms with Gasteiger partial charge in [0.25, 0.3) is 11.8 Å². The van der Waals surface area contributed by atoms with Crippen molar-refractivity contribution in [3.05, 3.63) is 136 Å². The minimum Gasteiger partial charge on any atom is -0.871 e. The van der Waals surface area contributed by atoms with E-state index in [1.807, 2.05) is 6.08 Å². The second kappa shape index (κ2) is 17.3. The highest BCUT2D eigenvalue weighted by atomic mass is 16.6. The van der Waals surface area contributed by atoms with Crippen LogP contribution in [-0.4, -0.2) is 72.4 Å². The van der Waals surface area contributed by atoms with E-state index in [0.717, 1.165) is 57.5 Å². The Kier molecular flexibility index (Phi) is 11.8. The summed E-state index contributed by atoms with van der Waals surface area (Å²) in [5.41, 5.74) is 0.828. The molecular formula is C45H43N4O9-. The number of nitrogens with zero attached hydrogens (tertiary/aromatic N) is 2. The van der Waals surface area contributed by atoms with Gasteiger partial charge in [0.05, 0.1) is 5.69 Å². The topological polar surface area (TPSA) is 174 Å². The van der Waals surface area contributed by atoms with Crippen molar-refractivity contribution in [1.29, 1.82) is 0 Å². The molecular weight excluding hydrogens is 741 g/mol. The number of carbonyl (C=O) groups excluding carboxylic acids is 6. The number of hydrogen-bond donors (Lipinski definition) is 2. The number of carbonyl (C=O) groups is 6. The molecule has 0 saturated carbocycles. The maximum Gasteiger partial charge on any atom is 0.303 e. The third-order valence-electron chi connectivity index (χ3n) is 10.5. The summed E-state index contributed by atoms with van der Waals surface area (Å²) in [6.07, 6.45) is 6.24. The molecule has 2 fully saturated rings. The molecule has 3 aromatic rings. The molecule has 0 aromatic heterocycles. The second-order valence-corrected chi connectivity index (χ2v) is 14.5. The fraction of sp³-hybridized carbons (Fsp3) is 0.289. The van der Waals surface area contributed by atoms with E-state index in [9.17, 15) is 33.9 Å². The van der Waals surface area contributed by atoms with Crippen molar-refractivity contribution < 1.29 is 43.3 Å². The van der Waals surface area contributed by atoms with Gasteiger partial charge in [0.2, 0.25) is 23.8 Å². The minimum atomic E-state index is -1.36. The van der Waals surface area contributed by atoms with Crippen molar-refractivity contribution in [2.45, 2.75) is 57.8 Å². The van der Waals surface area contributed by atoms with Crippen LogP contribution in [0.5, 0.6) is 0 Å². The number of nitrogens with one attached hydrogen (secondary N) is 2. The van der Waals surface area contributed by atoms with Gasteiger partial charge in [-0.1, -0.05) is 84.6 Å². The second-order valence-electron chi connectivity index (χ2n) is 14.5. The summed E-state index contributed by atoms with van der Waals surface area (Å²) in [5.74, 6) is -5.90. The van der Waals surface area contributed by atoms with Crippen LogP contribution in [0.25, 0.3) is 5.57 Å². The van der Waals surface area contributed by atoms with Gasteiger partial charge in [0.1, 0.15) is 0 Å². The van der Waals surface area contributed by atoms with Crippen LogP contribution in [0, 0.1) is 0 Å². The van der Waals surface area contributed by atoms with E-state index in [1.165, 1.54) is 19.9 Å². The Balaban J connectivity index is 1.31. The first kappa shape index (κ1) is 39.6. The number of ether oxygens (including phenoxy) is 2. The molecule has 2 aliphatic carbocycles. The number of allylic oxidation sites excluding steroid dienone is 3. The molecule has 3 unspecified atom stereocenters. The van der Waals surface area contributed by atoms with Gasteiger partial charge < -0.3 is 30.1 Å². The monoisotopic (exact) mass is 783 g/mol. The van der Waals surface area contributed by atoms with E-state index in [2.05, 4.69) is 20.4 Å². The van der Waals surface area contributed by atoms with Gasteiger partial charge in [-0.25, -0.2) is 0 Å². The quantitative estimate of drug-likeness (QED) is 0.160. The smallest absolute Gasteiger partial charge is 0.303 e. The summed E-state index contributed by atoms with van der Waals surface area (Å²) in [5, 5.41) is 20.2. The van der Waals surface area contributed by atoms with Gasteiger partial charge in [-0.2, -0.15) is 0 Å². The first-order valence-electron chi connectivity index (χ1n) is 19.3. The van der Waals surface area contributed by atoms with E-state index in [1.54, 1.807) is 84.9 Å². The molecule has 2 amide bonds. The Morgan fingerprint density at radius 2 is 1.24 bits per heavy atom. The number of esters is 2. The number of hydrogen-bond acceptors (Lipinski definition) is 11. The van der Waals surface area contributed by atoms with Crippen molar-refractivity contribution in [2.75, 3.05) is 36.4 Å². The van der Waals surface area contributed by atoms with Gasteiger partial charge in [0, 0.05) is 77.8 Å². The minimum absolute atomic E-state index is 0.00757. The summed E-state index contributed by atoms with van der Waals surface area (Å²) in [6, 6.07) is 21.4. The molecule has 0 bridgehead atoms. The summed E-state index contributed by atoms with van der Waals surface area (Å²) in [6.45, 7) is 5.46. The van der Waals surface area contributed by atoms with Crippen LogP contribution >= 0.6 is 0 Å². The van der Waals surface area contributed by atoms with E-state index in [4.69, 9.17) is 9.47 Å². The standard InChI is InChI=1S/C45H44N4O9/c1-27(50)57-42(29-13-5-3-6-14-29)44(55)46-35-25-31(48-21-9-10-22-48)17-19-33(35)37-39(52)38(41(54)40(37)53)34-20-18-32(49-23-11-12-24-49)26-36(34)47-45(56)43(58-28(2)51)30-15-7-4-8-16-30/h3-8,13-20,25-26,31,42-43,52H,9-12,21-24H2,1-2H3,(H,46,55)(H,47,56)/p-1/b37-33+. The number of anilines is 2. The molecule has 58 heavy (non-hydrogen) atoms. The summed E-state index contributed by atoms with van der Waals surface area (Å²) in [4.78, 5) is 84.5. The van der Waals surface area contributed by atoms with E-state index in [-0.39, 0.29) is 28.6 Å². The Morgan fingerprint density at radius 1 is 0.707 bits per heavy atom. The lowest BCUT2D eigenvalue weighted by Gasteiger charge is -2.29. The molecule has 13 heteroatoms. The maximum absolute atomic E-state index is 14.6. The van der Waals surface area contributed by atoms with Gasteiger partial charge in [-0.05, 0) is 57.0 Å². The van der Waals surface area contributed by atoms with Crippen LogP contribution in [0.1, 0.15) is 68.4 Å². The fourth-order valence-electron chi connectivity index (χ4n) is 7.80. The number of benzene rings is 3. The van der Waals surface area contributed by atoms with Gasteiger partial charge in [0.15, 0.2) is 0 Å². The first-order chi connectivity index (χ1) is 28.0. The highest BCUT2D eigenvalue weighted by molar-refractivity contribution is 6.63. The number of likely N-dealkylation sites (tertiary alicyclic amines) is 1. The first-order valence-corrected chi connectivity index (χ1v) is 19.3. The van der Waals surface area contributed by atoms with Crippen molar-refractivity contribution in [2.24, 2.45) is 0 Å². The van der Waals surface area contributed by atoms with Crippen LogP contribution < -0.4 is 20.6 Å². The predicted octanol–water partition coefficient (Wildman–Crippen LogP) is 4.39.